The predicted octanol–water partition coefficient (Wildman–Crippen LogP) is 1.30. The molecule has 0 aromatic carbocycles. The van der Waals surface area contributed by atoms with E-state index in [1.807, 2.05) is 0 Å². The first-order chi connectivity index (χ1) is 12.4. The molecule has 0 aromatic heterocycles. The molecular weight excluding hydrogens is 334 g/mol. The third-order valence-corrected chi connectivity index (χ3v) is 6.57. The zero-order chi connectivity index (χ0) is 18.5. The molecule has 1 heterocycles. The molecule has 1 aliphatic heterocycles. The fourth-order valence-corrected chi connectivity index (χ4v) is 5.97. The molecule has 7 heteroatoms. The van der Waals surface area contributed by atoms with Crippen LogP contribution in [0.25, 0.3) is 0 Å². The lowest BCUT2D eigenvalue weighted by Crippen LogP contribution is -2.52. The Bertz CT molecular complexity index is 651. The number of nitrogens with one attached hydrogen (secondary N) is 1. The SMILES string of the molecule is C=CCN1C(=O)C(=O)N(CC(=O)NCC23CC4CC(CC(C4)C2)C3)C1=O. The van der Waals surface area contributed by atoms with E-state index in [-0.39, 0.29) is 17.9 Å². The number of rotatable bonds is 6. The first-order valence-electron chi connectivity index (χ1n) is 9.46. The van der Waals surface area contributed by atoms with Crippen LogP contribution < -0.4 is 5.32 Å². The van der Waals surface area contributed by atoms with Gasteiger partial charge in [-0.25, -0.2) is 9.69 Å². The van der Waals surface area contributed by atoms with Crippen LogP contribution >= 0.6 is 0 Å². The van der Waals surface area contributed by atoms with Crippen LogP contribution in [0.3, 0.4) is 0 Å². The molecular formula is C19H25N3O4. The Morgan fingerprint density at radius 2 is 1.58 bits per heavy atom. The Balaban J connectivity index is 1.35. The number of carbonyl (C=O) groups excluding carboxylic acids is 4. The van der Waals surface area contributed by atoms with Crippen molar-refractivity contribution in [3.05, 3.63) is 12.7 Å². The van der Waals surface area contributed by atoms with Crippen molar-refractivity contribution < 1.29 is 19.2 Å². The number of hydrogen-bond acceptors (Lipinski definition) is 4. The lowest BCUT2D eigenvalue weighted by molar-refractivity contribution is -0.143. The van der Waals surface area contributed by atoms with Crippen LogP contribution in [0.5, 0.6) is 0 Å². The second-order valence-corrected chi connectivity index (χ2v) is 8.57. The molecule has 26 heavy (non-hydrogen) atoms. The minimum absolute atomic E-state index is 0.0329. The van der Waals surface area contributed by atoms with Crippen molar-refractivity contribution >= 4 is 23.8 Å². The van der Waals surface area contributed by atoms with Crippen LogP contribution in [0.15, 0.2) is 12.7 Å². The van der Waals surface area contributed by atoms with Gasteiger partial charge in [0.15, 0.2) is 0 Å². The van der Waals surface area contributed by atoms with Gasteiger partial charge in [-0.3, -0.25) is 19.3 Å². The summed E-state index contributed by atoms with van der Waals surface area (Å²) in [6, 6.07) is -0.746. The summed E-state index contributed by atoms with van der Waals surface area (Å²) in [4.78, 5) is 49.8. The van der Waals surface area contributed by atoms with E-state index in [0.29, 0.717) is 6.54 Å². The van der Waals surface area contributed by atoms with E-state index < -0.39 is 24.4 Å². The molecule has 1 N–H and O–H groups in total. The summed E-state index contributed by atoms with van der Waals surface area (Å²) >= 11 is 0. The number of nitrogens with zero attached hydrogens (tertiary/aromatic N) is 2. The maximum absolute atomic E-state index is 12.3. The molecule has 0 atom stereocenters. The Morgan fingerprint density at radius 3 is 2.12 bits per heavy atom. The van der Waals surface area contributed by atoms with E-state index in [4.69, 9.17) is 0 Å². The molecule has 4 aliphatic carbocycles. The highest BCUT2D eigenvalue weighted by molar-refractivity contribution is 6.45. The van der Waals surface area contributed by atoms with Crippen molar-refractivity contribution in [2.24, 2.45) is 23.2 Å². The van der Waals surface area contributed by atoms with E-state index >= 15 is 0 Å². The number of carbonyl (C=O) groups is 4. The first kappa shape index (κ1) is 17.2. The van der Waals surface area contributed by atoms with Gasteiger partial charge in [0, 0.05) is 13.1 Å². The summed E-state index contributed by atoms with van der Waals surface area (Å²) < 4.78 is 0. The highest BCUT2D eigenvalue weighted by atomic mass is 16.2. The quantitative estimate of drug-likeness (QED) is 0.440. The first-order valence-corrected chi connectivity index (χ1v) is 9.46. The molecule has 1 saturated heterocycles. The monoisotopic (exact) mass is 359 g/mol. The summed E-state index contributed by atoms with van der Waals surface area (Å²) in [7, 11) is 0. The van der Waals surface area contributed by atoms with Crippen molar-refractivity contribution in [1.29, 1.82) is 0 Å². The topological polar surface area (TPSA) is 86.8 Å². The summed E-state index contributed by atoms with van der Waals surface area (Å²) in [5.41, 5.74) is 0.189. The normalized spacial score (nSPS) is 35.4. The van der Waals surface area contributed by atoms with Gasteiger partial charge in [-0.2, -0.15) is 0 Å². The third-order valence-electron chi connectivity index (χ3n) is 6.57. The number of imide groups is 2. The van der Waals surface area contributed by atoms with Gasteiger partial charge in [0.2, 0.25) is 5.91 Å². The van der Waals surface area contributed by atoms with Gasteiger partial charge in [-0.1, -0.05) is 6.08 Å². The summed E-state index contributed by atoms with van der Waals surface area (Å²) in [6.07, 6.45) is 8.91. The number of urea groups is 1. The Hall–Kier alpha value is -2.18. The highest BCUT2D eigenvalue weighted by Gasteiger charge is 2.51. The van der Waals surface area contributed by atoms with Gasteiger partial charge in [0.1, 0.15) is 6.54 Å². The standard InChI is InChI=1S/C19H25N3O4/c1-2-3-21-16(24)17(25)22(18(21)26)10-15(23)20-11-19-7-12-4-13(8-19)6-14(5-12)9-19/h2,12-14H,1,3-11H2,(H,20,23). The molecule has 4 bridgehead atoms. The molecule has 5 amide bonds. The average molecular weight is 359 g/mol. The maximum Gasteiger partial charge on any atom is 0.335 e. The van der Waals surface area contributed by atoms with Crippen molar-refractivity contribution in [2.75, 3.05) is 19.6 Å². The van der Waals surface area contributed by atoms with Gasteiger partial charge in [-0.15, -0.1) is 6.58 Å². The fraction of sp³-hybridized carbons (Fsp3) is 0.684. The lowest BCUT2D eigenvalue weighted by Gasteiger charge is -2.56. The summed E-state index contributed by atoms with van der Waals surface area (Å²) in [5, 5.41) is 2.93. The van der Waals surface area contributed by atoms with Crippen LogP contribution in [-0.2, 0) is 14.4 Å². The van der Waals surface area contributed by atoms with Gasteiger partial charge >= 0.3 is 17.8 Å². The van der Waals surface area contributed by atoms with Gasteiger partial charge in [-0.05, 0) is 61.7 Å². The van der Waals surface area contributed by atoms with E-state index in [2.05, 4.69) is 11.9 Å². The molecule has 4 saturated carbocycles. The molecule has 0 radical (unpaired) electrons. The highest BCUT2D eigenvalue weighted by Crippen LogP contribution is 2.59. The lowest BCUT2D eigenvalue weighted by atomic mass is 9.49. The third kappa shape index (κ3) is 2.83. The fourth-order valence-electron chi connectivity index (χ4n) is 5.97. The van der Waals surface area contributed by atoms with Gasteiger partial charge < -0.3 is 5.32 Å². The molecule has 5 fully saturated rings. The van der Waals surface area contributed by atoms with Crippen molar-refractivity contribution in [1.82, 2.24) is 15.1 Å². The Morgan fingerprint density at radius 1 is 1.04 bits per heavy atom. The summed E-state index contributed by atoms with van der Waals surface area (Å²) in [6.45, 7) is 3.64. The van der Waals surface area contributed by atoms with Crippen LogP contribution in [0.4, 0.5) is 4.79 Å². The molecule has 0 spiro atoms. The van der Waals surface area contributed by atoms with Crippen LogP contribution in [0.1, 0.15) is 38.5 Å². The second-order valence-electron chi connectivity index (χ2n) is 8.57. The van der Waals surface area contributed by atoms with Crippen molar-refractivity contribution in [3.8, 4) is 0 Å². The zero-order valence-electron chi connectivity index (χ0n) is 14.9. The minimum atomic E-state index is -0.943. The number of hydrogen-bond donors (Lipinski definition) is 1. The average Bonchev–Trinajstić information content (AvgIpc) is 2.77. The largest absolute Gasteiger partial charge is 0.354 e. The van der Waals surface area contributed by atoms with Crippen molar-refractivity contribution in [2.45, 2.75) is 38.5 Å². The van der Waals surface area contributed by atoms with Gasteiger partial charge in [0.05, 0.1) is 0 Å². The molecule has 0 unspecified atom stereocenters. The molecule has 7 nitrogen and oxygen atoms in total. The van der Waals surface area contributed by atoms with E-state index in [1.54, 1.807) is 0 Å². The van der Waals surface area contributed by atoms with Gasteiger partial charge in [0.25, 0.3) is 0 Å². The summed E-state index contributed by atoms with van der Waals surface area (Å²) in [5.74, 6) is 0.168. The molecule has 5 aliphatic rings. The van der Waals surface area contributed by atoms with Crippen LogP contribution in [0.2, 0.25) is 0 Å². The van der Waals surface area contributed by atoms with E-state index in [1.165, 1.54) is 44.6 Å². The Kier molecular flexibility index (Phi) is 4.12. The second kappa shape index (κ2) is 6.21. The molecule has 0 aromatic rings. The van der Waals surface area contributed by atoms with Crippen LogP contribution in [-0.4, -0.2) is 53.2 Å². The Labute approximate surface area is 152 Å². The van der Waals surface area contributed by atoms with Crippen molar-refractivity contribution in [3.63, 3.8) is 0 Å². The van der Waals surface area contributed by atoms with E-state index in [9.17, 15) is 19.2 Å². The van der Waals surface area contributed by atoms with Crippen LogP contribution in [0, 0.1) is 23.2 Å². The smallest absolute Gasteiger partial charge is 0.335 e. The van der Waals surface area contributed by atoms with E-state index in [0.717, 1.165) is 27.6 Å². The molecule has 5 rings (SSSR count). The maximum atomic E-state index is 12.3. The molecule has 140 valence electrons. The number of amides is 5. The predicted molar refractivity (Wildman–Crippen MR) is 92.6 cm³/mol. The minimum Gasteiger partial charge on any atom is -0.354 e. The zero-order valence-corrected chi connectivity index (χ0v) is 14.9.